The van der Waals surface area contributed by atoms with Gasteiger partial charge in [0.2, 0.25) is 0 Å². The molecule has 0 saturated heterocycles. The van der Waals surface area contributed by atoms with Gasteiger partial charge in [-0.1, -0.05) is 21.1 Å². The molecular weight excluding hydrogens is 272 g/mol. The van der Waals surface area contributed by atoms with Gasteiger partial charge in [-0.05, 0) is 18.2 Å². The van der Waals surface area contributed by atoms with Crippen LogP contribution in [0.15, 0.2) is 33.3 Å². The first-order valence-corrected chi connectivity index (χ1v) is 5.53. The molecule has 16 heavy (non-hydrogen) atoms. The summed E-state index contributed by atoms with van der Waals surface area (Å²) in [6.07, 6.45) is 0. The predicted molar refractivity (Wildman–Crippen MR) is 64.1 cm³/mol. The first-order chi connectivity index (χ1) is 7.74. The summed E-state index contributed by atoms with van der Waals surface area (Å²) in [5.41, 5.74) is 7.06. The third-order valence-corrected chi connectivity index (χ3v) is 2.69. The Kier molecular flexibility index (Phi) is 3.26. The Morgan fingerprint density at radius 2 is 2.25 bits per heavy atom. The van der Waals surface area contributed by atoms with E-state index in [1.165, 1.54) is 0 Å². The average Bonchev–Trinajstić information content (AvgIpc) is 2.77. The molecule has 0 amide bonds. The van der Waals surface area contributed by atoms with Gasteiger partial charge in [-0.3, -0.25) is 0 Å². The van der Waals surface area contributed by atoms with Gasteiger partial charge in [-0.15, -0.1) is 0 Å². The summed E-state index contributed by atoms with van der Waals surface area (Å²) in [6.45, 7) is 0.337. The molecule has 0 bridgehead atoms. The predicted octanol–water partition coefficient (Wildman–Crippen LogP) is 2.57. The van der Waals surface area contributed by atoms with Crippen LogP contribution in [0.2, 0.25) is 0 Å². The van der Waals surface area contributed by atoms with E-state index in [2.05, 4.69) is 21.1 Å². The van der Waals surface area contributed by atoms with E-state index in [4.69, 9.17) is 15.0 Å². The third kappa shape index (κ3) is 2.10. The fraction of sp³-hybridized carbons (Fsp3) is 0.182. The fourth-order valence-electron chi connectivity index (χ4n) is 1.42. The van der Waals surface area contributed by atoms with Crippen molar-refractivity contribution >= 4 is 15.9 Å². The second-order valence-electron chi connectivity index (χ2n) is 3.23. The van der Waals surface area contributed by atoms with Crippen molar-refractivity contribution < 1.29 is 9.26 Å². The van der Waals surface area contributed by atoms with Gasteiger partial charge in [-0.25, -0.2) is 0 Å². The van der Waals surface area contributed by atoms with Gasteiger partial charge in [-0.2, -0.15) is 0 Å². The molecule has 1 aromatic carbocycles. The third-order valence-electron chi connectivity index (χ3n) is 2.20. The highest BCUT2D eigenvalue weighted by molar-refractivity contribution is 9.10. The number of hydrogen-bond donors (Lipinski definition) is 1. The Morgan fingerprint density at radius 3 is 2.88 bits per heavy atom. The van der Waals surface area contributed by atoms with E-state index in [1.807, 2.05) is 24.3 Å². The molecule has 2 rings (SSSR count). The number of rotatable bonds is 3. The van der Waals surface area contributed by atoms with Crippen LogP contribution in [0.5, 0.6) is 5.75 Å². The second kappa shape index (κ2) is 4.67. The number of aromatic nitrogens is 1. The van der Waals surface area contributed by atoms with Gasteiger partial charge in [0.15, 0.2) is 5.76 Å². The molecule has 5 heteroatoms. The number of hydrogen-bond acceptors (Lipinski definition) is 4. The lowest BCUT2D eigenvalue weighted by Crippen LogP contribution is -1.92. The van der Waals surface area contributed by atoms with Crippen LogP contribution in [0.25, 0.3) is 11.3 Å². The maximum absolute atomic E-state index is 5.47. The molecule has 1 aromatic heterocycles. The number of halogens is 1. The molecule has 0 aliphatic rings. The maximum atomic E-state index is 5.47. The summed E-state index contributed by atoms with van der Waals surface area (Å²) in [7, 11) is 1.62. The molecule has 0 atom stereocenters. The van der Waals surface area contributed by atoms with Gasteiger partial charge < -0.3 is 15.0 Å². The molecule has 0 fully saturated rings. The van der Waals surface area contributed by atoms with E-state index in [0.717, 1.165) is 21.5 Å². The van der Waals surface area contributed by atoms with Gasteiger partial charge >= 0.3 is 0 Å². The molecular formula is C11H11BrN2O2. The quantitative estimate of drug-likeness (QED) is 0.940. The zero-order valence-electron chi connectivity index (χ0n) is 8.74. The standard InChI is InChI=1S/C11H11BrN2O2/c1-15-11-3-2-7(12)4-9(11)10-5-8(6-13)16-14-10/h2-5H,6,13H2,1H3. The molecule has 1 heterocycles. The fourth-order valence-corrected chi connectivity index (χ4v) is 1.78. The van der Waals surface area contributed by atoms with E-state index in [9.17, 15) is 0 Å². The van der Waals surface area contributed by atoms with Gasteiger partial charge in [0, 0.05) is 16.1 Å². The molecule has 4 nitrogen and oxygen atoms in total. The van der Waals surface area contributed by atoms with Gasteiger partial charge in [0.1, 0.15) is 11.4 Å². The Labute approximate surface area is 102 Å². The van der Waals surface area contributed by atoms with Crippen LogP contribution in [-0.4, -0.2) is 12.3 Å². The van der Waals surface area contributed by atoms with Crippen LogP contribution in [0.1, 0.15) is 5.76 Å². The normalized spacial score (nSPS) is 10.4. The lowest BCUT2D eigenvalue weighted by Gasteiger charge is -2.05. The number of benzene rings is 1. The number of nitrogens with two attached hydrogens (primary N) is 1. The Morgan fingerprint density at radius 1 is 1.44 bits per heavy atom. The lowest BCUT2D eigenvalue weighted by atomic mass is 10.1. The summed E-state index contributed by atoms with van der Waals surface area (Å²) in [5.74, 6) is 1.40. The minimum absolute atomic E-state index is 0.337. The summed E-state index contributed by atoms with van der Waals surface area (Å²) < 4.78 is 11.3. The number of methoxy groups -OCH3 is 1. The SMILES string of the molecule is COc1ccc(Br)cc1-c1cc(CN)on1. The van der Waals surface area contributed by atoms with Crippen molar-refractivity contribution in [2.45, 2.75) is 6.54 Å². The molecule has 2 N–H and O–H groups in total. The van der Waals surface area contributed by atoms with Crippen molar-refractivity contribution in [2.24, 2.45) is 5.73 Å². The molecule has 0 unspecified atom stereocenters. The first kappa shape index (κ1) is 11.2. The Balaban J connectivity index is 2.49. The summed E-state index contributed by atoms with van der Waals surface area (Å²) in [5, 5.41) is 3.95. The van der Waals surface area contributed by atoms with E-state index in [0.29, 0.717) is 12.3 Å². The topological polar surface area (TPSA) is 61.3 Å². The van der Waals surface area contributed by atoms with Crippen LogP contribution < -0.4 is 10.5 Å². The monoisotopic (exact) mass is 282 g/mol. The summed E-state index contributed by atoms with van der Waals surface area (Å²) in [6, 6.07) is 7.52. The van der Waals surface area contributed by atoms with Gasteiger partial charge in [0.05, 0.1) is 13.7 Å². The Bertz CT molecular complexity index is 496. The van der Waals surface area contributed by atoms with Crippen LogP contribution in [0, 0.1) is 0 Å². The number of nitrogens with zero attached hydrogens (tertiary/aromatic N) is 1. The van der Waals surface area contributed by atoms with Crippen molar-refractivity contribution in [3.05, 3.63) is 34.5 Å². The van der Waals surface area contributed by atoms with Gasteiger partial charge in [0.25, 0.3) is 0 Å². The van der Waals surface area contributed by atoms with Crippen molar-refractivity contribution in [3.63, 3.8) is 0 Å². The largest absolute Gasteiger partial charge is 0.496 e. The van der Waals surface area contributed by atoms with Crippen molar-refractivity contribution in [3.8, 4) is 17.0 Å². The highest BCUT2D eigenvalue weighted by atomic mass is 79.9. The summed E-state index contributed by atoms with van der Waals surface area (Å²) >= 11 is 3.41. The maximum Gasteiger partial charge on any atom is 0.150 e. The van der Waals surface area contributed by atoms with E-state index >= 15 is 0 Å². The molecule has 0 aliphatic heterocycles. The number of ether oxygens (including phenoxy) is 1. The molecule has 0 aliphatic carbocycles. The Hall–Kier alpha value is -1.33. The first-order valence-electron chi connectivity index (χ1n) is 4.74. The molecule has 0 radical (unpaired) electrons. The lowest BCUT2D eigenvalue weighted by molar-refractivity contribution is 0.385. The molecule has 84 valence electrons. The van der Waals surface area contributed by atoms with Crippen LogP contribution in [0.3, 0.4) is 0 Å². The smallest absolute Gasteiger partial charge is 0.150 e. The molecule has 2 aromatic rings. The van der Waals surface area contributed by atoms with E-state index < -0.39 is 0 Å². The van der Waals surface area contributed by atoms with Crippen molar-refractivity contribution in [2.75, 3.05) is 7.11 Å². The van der Waals surface area contributed by atoms with E-state index in [-0.39, 0.29) is 0 Å². The van der Waals surface area contributed by atoms with Crippen LogP contribution in [0.4, 0.5) is 0 Å². The average molecular weight is 283 g/mol. The van der Waals surface area contributed by atoms with E-state index in [1.54, 1.807) is 7.11 Å². The van der Waals surface area contributed by atoms with Crippen molar-refractivity contribution in [1.82, 2.24) is 5.16 Å². The minimum atomic E-state index is 0.337. The van der Waals surface area contributed by atoms with Crippen LogP contribution >= 0.6 is 15.9 Å². The minimum Gasteiger partial charge on any atom is -0.496 e. The highest BCUT2D eigenvalue weighted by Gasteiger charge is 2.11. The molecule has 0 saturated carbocycles. The van der Waals surface area contributed by atoms with Crippen molar-refractivity contribution in [1.29, 1.82) is 0 Å². The zero-order valence-corrected chi connectivity index (χ0v) is 10.3. The van der Waals surface area contributed by atoms with Crippen LogP contribution in [-0.2, 0) is 6.54 Å². The zero-order chi connectivity index (χ0) is 11.5. The summed E-state index contributed by atoms with van der Waals surface area (Å²) in [4.78, 5) is 0. The molecule has 0 spiro atoms. The second-order valence-corrected chi connectivity index (χ2v) is 4.14. The highest BCUT2D eigenvalue weighted by Crippen LogP contribution is 2.32.